The summed E-state index contributed by atoms with van der Waals surface area (Å²) in [4.78, 5) is 27.7. The third kappa shape index (κ3) is 5.89. The van der Waals surface area contributed by atoms with Crippen LogP contribution in [0.25, 0.3) is 11.2 Å². The lowest BCUT2D eigenvalue weighted by molar-refractivity contribution is -0.0593. The number of halogens is 1. The summed E-state index contributed by atoms with van der Waals surface area (Å²) in [6, 6.07) is 15.1. The van der Waals surface area contributed by atoms with E-state index in [4.69, 9.17) is 24.7 Å². The predicted octanol–water partition coefficient (Wildman–Crippen LogP) is 4.28. The first-order valence-corrected chi connectivity index (χ1v) is 13.7. The summed E-state index contributed by atoms with van der Waals surface area (Å²) in [6.45, 7) is 3.70. The Hall–Kier alpha value is -4.40. The van der Waals surface area contributed by atoms with Crippen LogP contribution in [-0.2, 0) is 24.4 Å². The van der Waals surface area contributed by atoms with E-state index < -0.39 is 11.8 Å². The van der Waals surface area contributed by atoms with E-state index in [-0.39, 0.29) is 29.9 Å². The molecule has 0 spiro atoms. The van der Waals surface area contributed by atoms with Gasteiger partial charge in [-0.25, -0.2) is 24.1 Å². The second-order valence-electron chi connectivity index (χ2n) is 10.4. The summed E-state index contributed by atoms with van der Waals surface area (Å²) >= 11 is 0. The quantitative estimate of drug-likeness (QED) is 0.321. The van der Waals surface area contributed by atoms with Crippen LogP contribution in [0.5, 0.6) is 5.88 Å². The average Bonchev–Trinajstić information content (AvgIpc) is 3.30. The third-order valence-electron chi connectivity index (χ3n) is 7.74. The molecule has 0 aliphatic carbocycles. The van der Waals surface area contributed by atoms with Crippen LogP contribution < -0.4 is 4.74 Å². The molecular weight excluding hydrogens is 527 g/mol. The lowest BCUT2D eigenvalue weighted by atomic mass is 9.93. The smallest absolute Gasteiger partial charge is 0.354 e. The number of ether oxygens (including phenoxy) is 2. The third-order valence-corrected chi connectivity index (χ3v) is 7.74. The van der Waals surface area contributed by atoms with E-state index in [1.165, 1.54) is 12.1 Å². The van der Waals surface area contributed by atoms with Crippen molar-refractivity contribution in [2.75, 3.05) is 19.7 Å². The molecule has 3 aromatic heterocycles. The molecule has 5 heterocycles. The fourth-order valence-corrected chi connectivity index (χ4v) is 5.32. The number of hydrogen-bond acceptors (Lipinski definition) is 8. The molecule has 2 aliphatic rings. The second kappa shape index (κ2) is 11.6. The second-order valence-corrected chi connectivity index (χ2v) is 10.4. The van der Waals surface area contributed by atoms with Crippen molar-refractivity contribution >= 4 is 17.1 Å². The Bertz CT molecular complexity index is 1620. The van der Waals surface area contributed by atoms with Crippen molar-refractivity contribution in [1.82, 2.24) is 24.4 Å². The molecule has 210 valence electrons. The molecule has 0 saturated carbocycles. The molecule has 0 radical (unpaired) electrons. The van der Waals surface area contributed by atoms with Gasteiger partial charge in [0.05, 0.1) is 30.8 Å². The first-order chi connectivity index (χ1) is 20.0. The first-order valence-electron chi connectivity index (χ1n) is 13.7. The predicted molar refractivity (Wildman–Crippen MR) is 146 cm³/mol. The Balaban J connectivity index is 1.10. The van der Waals surface area contributed by atoms with Gasteiger partial charge in [-0.2, -0.15) is 5.26 Å². The molecule has 0 unspecified atom stereocenters. The molecular formula is C30H29FN6O4. The Kier molecular flexibility index (Phi) is 7.59. The van der Waals surface area contributed by atoms with Gasteiger partial charge in [0.15, 0.2) is 11.3 Å². The largest absolute Gasteiger partial charge is 0.477 e. The number of nitrogens with zero attached hydrogens (tertiary/aromatic N) is 6. The van der Waals surface area contributed by atoms with Crippen molar-refractivity contribution in [2.24, 2.45) is 0 Å². The summed E-state index contributed by atoms with van der Waals surface area (Å²) in [7, 11) is 0. The van der Waals surface area contributed by atoms with Crippen LogP contribution in [0.15, 0.2) is 48.5 Å². The number of aromatic carboxylic acids is 1. The fraction of sp³-hybridized carbons (Fsp3) is 0.367. The molecule has 2 saturated heterocycles. The zero-order chi connectivity index (χ0) is 28.3. The van der Waals surface area contributed by atoms with Gasteiger partial charge in [-0.15, -0.1) is 0 Å². The van der Waals surface area contributed by atoms with Crippen LogP contribution in [0.4, 0.5) is 4.39 Å². The van der Waals surface area contributed by atoms with E-state index in [0.29, 0.717) is 35.7 Å². The minimum atomic E-state index is -1.06. The van der Waals surface area contributed by atoms with E-state index in [0.717, 1.165) is 50.5 Å². The number of carbonyl (C=O) groups is 1. The van der Waals surface area contributed by atoms with Gasteiger partial charge in [-0.3, -0.25) is 4.90 Å². The van der Waals surface area contributed by atoms with E-state index in [1.807, 2.05) is 22.8 Å². The van der Waals surface area contributed by atoms with Crippen LogP contribution in [-0.4, -0.2) is 61.3 Å². The highest BCUT2D eigenvalue weighted by Gasteiger charge is 2.26. The van der Waals surface area contributed by atoms with Crippen LogP contribution in [0.2, 0.25) is 0 Å². The fourth-order valence-electron chi connectivity index (χ4n) is 5.32. The van der Waals surface area contributed by atoms with Crippen molar-refractivity contribution in [3.05, 3.63) is 82.7 Å². The summed E-state index contributed by atoms with van der Waals surface area (Å²) in [5, 5.41) is 18.4. The number of fused-ring (bicyclic) bond motifs is 1. The number of benzene rings is 1. The maximum absolute atomic E-state index is 14.2. The SMILES string of the molecule is N#Cc1ccc(COc2cccc(C3CCN(Cc4nc5ccc(C(=O)O)nc5n4C[C@@H]4CCO4)CC3)n2)c(F)c1. The number of carboxylic acids is 1. The monoisotopic (exact) mass is 556 g/mol. The molecule has 10 nitrogen and oxygen atoms in total. The number of aromatic nitrogens is 4. The van der Waals surface area contributed by atoms with Gasteiger partial charge in [0.1, 0.15) is 23.8 Å². The van der Waals surface area contributed by atoms with E-state index >= 15 is 0 Å². The van der Waals surface area contributed by atoms with Gasteiger partial charge in [-0.1, -0.05) is 12.1 Å². The van der Waals surface area contributed by atoms with E-state index in [1.54, 1.807) is 24.3 Å². The molecule has 2 fully saturated rings. The van der Waals surface area contributed by atoms with E-state index in [9.17, 15) is 14.3 Å². The van der Waals surface area contributed by atoms with Crippen molar-refractivity contribution in [2.45, 2.75) is 51.0 Å². The highest BCUT2D eigenvalue weighted by atomic mass is 19.1. The van der Waals surface area contributed by atoms with Crippen LogP contribution in [0.3, 0.4) is 0 Å². The minimum Gasteiger partial charge on any atom is -0.477 e. The maximum Gasteiger partial charge on any atom is 0.354 e. The molecule has 0 bridgehead atoms. The Morgan fingerprint density at radius 3 is 2.66 bits per heavy atom. The molecule has 1 N–H and O–H groups in total. The molecule has 6 rings (SSSR count). The molecule has 1 atom stereocenters. The summed E-state index contributed by atoms with van der Waals surface area (Å²) in [5.41, 5.74) is 2.84. The minimum absolute atomic E-state index is 0.00119. The summed E-state index contributed by atoms with van der Waals surface area (Å²) in [5.74, 6) is 0.0249. The molecule has 11 heteroatoms. The van der Waals surface area contributed by atoms with Gasteiger partial charge < -0.3 is 19.1 Å². The molecule has 2 aliphatic heterocycles. The zero-order valence-electron chi connectivity index (χ0n) is 22.4. The Morgan fingerprint density at radius 1 is 1.12 bits per heavy atom. The number of rotatable bonds is 9. The Labute approximate surface area is 236 Å². The number of carboxylic acid groups (broad SMARTS) is 1. The van der Waals surface area contributed by atoms with Gasteiger partial charge in [-0.05, 0) is 62.7 Å². The number of piperidine rings is 1. The van der Waals surface area contributed by atoms with Gasteiger partial charge in [0.2, 0.25) is 5.88 Å². The number of imidazole rings is 1. The molecule has 4 aromatic rings. The van der Waals surface area contributed by atoms with Crippen molar-refractivity contribution in [1.29, 1.82) is 5.26 Å². The van der Waals surface area contributed by atoms with Crippen LogP contribution in [0.1, 0.15) is 58.3 Å². The number of likely N-dealkylation sites (tertiary alicyclic amines) is 1. The average molecular weight is 557 g/mol. The van der Waals surface area contributed by atoms with Crippen molar-refractivity contribution < 1.29 is 23.8 Å². The highest BCUT2D eigenvalue weighted by molar-refractivity contribution is 5.88. The summed E-state index contributed by atoms with van der Waals surface area (Å²) < 4.78 is 27.7. The summed E-state index contributed by atoms with van der Waals surface area (Å²) in [6.07, 6.45) is 2.87. The lowest BCUT2D eigenvalue weighted by Gasteiger charge is -2.32. The molecule has 1 aromatic carbocycles. The number of nitriles is 1. The lowest BCUT2D eigenvalue weighted by Crippen LogP contribution is -2.35. The maximum atomic E-state index is 14.2. The van der Waals surface area contributed by atoms with Crippen molar-refractivity contribution in [3.63, 3.8) is 0 Å². The van der Waals surface area contributed by atoms with Crippen molar-refractivity contribution in [3.8, 4) is 11.9 Å². The van der Waals surface area contributed by atoms with Crippen LogP contribution in [0, 0.1) is 17.1 Å². The number of pyridine rings is 2. The zero-order valence-corrected chi connectivity index (χ0v) is 22.4. The first kappa shape index (κ1) is 26.8. The number of hydrogen-bond donors (Lipinski definition) is 1. The molecule has 0 amide bonds. The van der Waals surface area contributed by atoms with Gasteiger partial charge in [0.25, 0.3) is 0 Å². The molecule has 41 heavy (non-hydrogen) atoms. The van der Waals surface area contributed by atoms with Gasteiger partial charge in [0, 0.05) is 29.8 Å². The van der Waals surface area contributed by atoms with Gasteiger partial charge >= 0.3 is 5.97 Å². The highest BCUT2D eigenvalue weighted by Crippen LogP contribution is 2.29. The normalized spacial score (nSPS) is 17.7. The standard InChI is InChI=1S/C30H29FN6O4/c31-23-14-19(15-32)4-5-21(23)18-41-28-3-1-2-24(34-28)20-8-11-36(12-9-20)17-27-33-25-6-7-26(30(38)39)35-29(25)37(27)16-22-10-13-40-22/h1-7,14,20,22H,8-13,16-18H2,(H,38,39)/t22-/m0/s1. The van der Waals surface area contributed by atoms with Crippen LogP contribution >= 0.6 is 0 Å². The Morgan fingerprint density at radius 2 is 1.95 bits per heavy atom. The topological polar surface area (TPSA) is 126 Å². The van der Waals surface area contributed by atoms with E-state index in [2.05, 4.69) is 9.88 Å².